The number of halogens is 1. The lowest BCUT2D eigenvalue weighted by molar-refractivity contribution is 0.198. The molecular weight excluding hydrogens is 316 g/mol. The molecule has 0 amide bonds. The molecule has 0 unspecified atom stereocenters. The van der Waals surface area contributed by atoms with Crippen LogP contribution in [0.1, 0.15) is 43.9 Å². The predicted octanol–water partition coefficient (Wildman–Crippen LogP) is 5.42. The Kier molecular flexibility index (Phi) is 4.84. The smallest absolute Gasteiger partial charge is 0.130 e. The minimum atomic E-state index is -0.499. The normalized spacial score (nSPS) is 12.5. The molecule has 20 heavy (non-hydrogen) atoms. The molecule has 0 aliphatic rings. The van der Waals surface area contributed by atoms with Crippen molar-refractivity contribution in [1.82, 2.24) is 0 Å². The Labute approximate surface area is 128 Å². The van der Waals surface area contributed by atoms with Crippen molar-refractivity contribution in [3.8, 4) is 11.5 Å². The fraction of sp³-hybridized carbons (Fsp3) is 0.294. The zero-order valence-corrected chi connectivity index (χ0v) is 13.5. The van der Waals surface area contributed by atoms with Crippen LogP contribution in [0.5, 0.6) is 11.5 Å². The third-order valence-electron chi connectivity index (χ3n) is 3.19. The van der Waals surface area contributed by atoms with Gasteiger partial charge in [-0.3, -0.25) is 0 Å². The Bertz CT molecular complexity index is 591. The van der Waals surface area contributed by atoms with E-state index >= 15 is 0 Å². The highest BCUT2D eigenvalue weighted by Crippen LogP contribution is 2.33. The van der Waals surface area contributed by atoms with Gasteiger partial charge in [0.2, 0.25) is 0 Å². The first-order valence-corrected chi connectivity index (χ1v) is 7.52. The molecule has 0 aromatic heterocycles. The second-order valence-corrected chi connectivity index (χ2v) is 6.01. The number of aliphatic hydroxyl groups is 1. The summed E-state index contributed by atoms with van der Waals surface area (Å²) in [5.41, 5.74) is 2.04. The minimum absolute atomic E-state index is 0.409. The van der Waals surface area contributed by atoms with Gasteiger partial charge in [0.1, 0.15) is 11.5 Å². The Morgan fingerprint density at radius 2 is 1.70 bits per heavy atom. The number of hydrogen-bond donors (Lipinski definition) is 1. The molecule has 2 aromatic carbocycles. The molecule has 0 aliphatic carbocycles. The van der Waals surface area contributed by atoms with Crippen molar-refractivity contribution in [1.29, 1.82) is 0 Å². The summed E-state index contributed by atoms with van der Waals surface area (Å²) >= 11 is 3.47. The summed E-state index contributed by atoms with van der Waals surface area (Å²) in [5.74, 6) is 2.04. The summed E-state index contributed by atoms with van der Waals surface area (Å²) in [6.07, 6.45) is -0.499. The average molecular weight is 335 g/mol. The van der Waals surface area contributed by atoms with Gasteiger partial charge in [0.15, 0.2) is 0 Å². The van der Waals surface area contributed by atoms with Crippen LogP contribution < -0.4 is 4.74 Å². The number of benzene rings is 2. The maximum atomic E-state index is 9.63. The van der Waals surface area contributed by atoms with Gasteiger partial charge in [-0.2, -0.15) is 0 Å². The molecule has 0 fully saturated rings. The molecule has 0 saturated heterocycles. The SMILES string of the molecule is CC(C)c1ccccc1Oc1ccc([C@H](C)O)c(Br)c1. The zero-order valence-electron chi connectivity index (χ0n) is 11.9. The van der Waals surface area contributed by atoms with E-state index in [2.05, 4.69) is 35.8 Å². The topological polar surface area (TPSA) is 29.5 Å². The van der Waals surface area contributed by atoms with E-state index in [4.69, 9.17) is 4.74 Å². The van der Waals surface area contributed by atoms with Crippen LogP contribution in [-0.4, -0.2) is 5.11 Å². The highest BCUT2D eigenvalue weighted by atomic mass is 79.9. The van der Waals surface area contributed by atoms with Gasteiger partial charge in [-0.05, 0) is 42.2 Å². The Balaban J connectivity index is 2.29. The summed E-state index contributed by atoms with van der Waals surface area (Å²) in [5, 5.41) is 9.63. The number of hydrogen-bond acceptors (Lipinski definition) is 2. The summed E-state index contributed by atoms with van der Waals surface area (Å²) in [6.45, 7) is 6.04. The lowest BCUT2D eigenvalue weighted by Gasteiger charge is -2.15. The molecule has 0 radical (unpaired) electrons. The molecular formula is C17H19BrO2. The molecule has 2 aromatic rings. The Morgan fingerprint density at radius 3 is 2.30 bits per heavy atom. The fourth-order valence-corrected chi connectivity index (χ4v) is 2.78. The molecule has 1 atom stereocenters. The monoisotopic (exact) mass is 334 g/mol. The molecule has 2 nitrogen and oxygen atoms in total. The third-order valence-corrected chi connectivity index (χ3v) is 3.88. The largest absolute Gasteiger partial charge is 0.457 e. The molecule has 2 rings (SSSR count). The lowest BCUT2D eigenvalue weighted by atomic mass is 10.0. The van der Waals surface area contributed by atoms with E-state index in [1.807, 2.05) is 36.4 Å². The van der Waals surface area contributed by atoms with Crippen LogP contribution in [0, 0.1) is 0 Å². The van der Waals surface area contributed by atoms with Gasteiger partial charge in [-0.1, -0.05) is 54.0 Å². The van der Waals surface area contributed by atoms with Crippen molar-refractivity contribution >= 4 is 15.9 Å². The van der Waals surface area contributed by atoms with E-state index in [-0.39, 0.29) is 0 Å². The van der Waals surface area contributed by atoms with E-state index in [1.165, 1.54) is 5.56 Å². The molecule has 1 N–H and O–H groups in total. The Hall–Kier alpha value is -1.32. The molecule has 0 aliphatic heterocycles. The average Bonchev–Trinajstić information content (AvgIpc) is 2.38. The summed E-state index contributed by atoms with van der Waals surface area (Å²) in [6, 6.07) is 13.7. The highest BCUT2D eigenvalue weighted by Gasteiger charge is 2.10. The number of para-hydroxylation sites is 1. The van der Waals surface area contributed by atoms with Gasteiger partial charge in [0.25, 0.3) is 0 Å². The van der Waals surface area contributed by atoms with Crippen LogP contribution in [0.4, 0.5) is 0 Å². The zero-order chi connectivity index (χ0) is 14.7. The molecule has 3 heteroatoms. The van der Waals surface area contributed by atoms with E-state index < -0.39 is 6.10 Å². The van der Waals surface area contributed by atoms with E-state index in [0.717, 1.165) is 21.5 Å². The molecule has 0 heterocycles. The maximum absolute atomic E-state index is 9.63. The van der Waals surface area contributed by atoms with Gasteiger partial charge < -0.3 is 9.84 Å². The highest BCUT2D eigenvalue weighted by molar-refractivity contribution is 9.10. The van der Waals surface area contributed by atoms with Crippen molar-refractivity contribution in [2.24, 2.45) is 0 Å². The first-order valence-electron chi connectivity index (χ1n) is 6.73. The first kappa shape index (κ1) is 15.1. The number of rotatable bonds is 4. The van der Waals surface area contributed by atoms with Crippen molar-refractivity contribution in [3.05, 3.63) is 58.1 Å². The van der Waals surface area contributed by atoms with Crippen molar-refractivity contribution < 1.29 is 9.84 Å². The maximum Gasteiger partial charge on any atom is 0.130 e. The third kappa shape index (κ3) is 3.41. The predicted molar refractivity (Wildman–Crippen MR) is 85.4 cm³/mol. The van der Waals surface area contributed by atoms with Gasteiger partial charge in [-0.15, -0.1) is 0 Å². The van der Waals surface area contributed by atoms with Gasteiger partial charge in [0.05, 0.1) is 6.10 Å². The van der Waals surface area contributed by atoms with Crippen LogP contribution in [-0.2, 0) is 0 Å². The standard InChI is InChI=1S/C17H19BrO2/c1-11(2)14-6-4-5-7-17(14)20-13-8-9-15(12(3)19)16(18)10-13/h4-12,19H,1-3H3/t12-/m0/s1. The first-order chi connectivity index (χ1) is 9.49. The van der Waals surface area contributed by atoms with Crippen LogP contribution in [0.2, 0.25) is 0 Å². The summed E-state index contributed by atoms with van der Waals surface area (Å²) in [7, 11) is 0. The van der Waals surface area contributed by atoms with E-state index in [9.17, 15) is 5.11 Å². The fourth-order valence-electron chi connectivity index (χ4n) is 2.09. The second-order valence-electron chi connectivity index (χ2n) is 5.15. The van der Waals surface area contributed by atoms with Crippen molar-refractivity contribution in [2.75, 3.05) is 0 Å². The minimum Gasteiger partial charge on any atom is -0.457 e. The summed E-state index contributed by atoms with van der Waals surface area (Å²) < 4.78 is 6.83. The quantitative estimate of drug-likeness (QED) is 0.809. The number of ether oxygens (including phenoxy) is 1. The van der Waals surface area contributed by atoms with Crippen LogP contribution in [0.15, 0.2) is 46.9 Å². The van der Waals surface area contributed by atoms with E-state index in [0.29, 0.717) is 5.92 Å². The van der Waals surface area contributed by atoms with Gasteiger partial charge in [-0.25, -0.2) is 0 Å². The molecule has 106 valence electrons. The lowest BCUT2D eigenvalue weighted by Crippen LogP contribution is -1.95. The van der Waals surface area contributed by atoms with Gasteiger partial charge >= 0.3 is 0 Å². The summed E-state index contributed by atoms with van der Waals surface area (Å²) in [4.78, 5) is 0. The van der Waals surface area contributed by atoms with E-state index in [1.54, 1.807) is 6.92 Å². The molecule has 0 bridgehead atoms. The molecule has 0 spiro atoms. The van der Waals surface area contributed by atoms with Crippen LogP contribution in [0.3, 0.4) is 0 Å². The van der Waals surface area contributed by atoms with Crippen LogP contribution in [0.25, 0.3) is 0 Å². The van der Waals surface area contributed by atoms with Crippen LogP contribution >= 0.6 is 15.9 Å². The van der Waals surface area contributed by atoms with Crippen molar-refractivity contribution in [3.63, 3.8) is 0 Å². The molecule has 0 saturated carbocycles. The Morgan fingerprint density at radius 1 is 1.00 bits per heavy atom. The van der Waals surface area contributed by atoms with Gasteiger partial charge in [0, 0.05) is 4.47 Å². The number of aliphatic hydroxyl groups excluding tert-OH is 1. The second kappa shape index (κ2) is 6.42. The van der Waals surface area contributed by atoms with Crippen molar-refractivity contribution in [2.45, 2.75) is 32.8 Å².